The van der Waals surface area contributed by atoms with E-state index in [2.05, 4.69) is 12.2 Å². The molecule has 1 aliphatic rings. The van der Waals surface area contributed by atoms with Gasteiger partial charge in [0.2, 0.25) is 0 Å². The Hall–Kier alpha value is -1.58. The Morgan fingerprint density at radius 1 is 1.44 bits per heavy atom. The maximum atomic E-state index is 11.1. The second-order valence-corrected chi connectivity index (χ2v) is 5.29. The van der Waals surface area contributed by atoms with Gasteiger partial charge in [0.15, 0.2) is 0 Å². The van der Waals surface area contributed by atoms with Crippen molar-refractivity contribution >= 4 is 11.4 Å². The maximum absolute atomic E-state index is 11.1. The van der Waals surface area contributed by atoms with E-state index in [1.54, 1.807) is 19.1 Å². The summed E-state index contributed by atoms with van der Waals surface area (Å²) >= 11 is 0. The predicted octanol–water partition coefficient (Wildman–Crippen LogP) is 3.90. The van der Waals surface area contributed by atoms with Gasteiger partial charge in [0, 0.05) is 12.1 Å². The summed E-state index contributed by atoms with van der Waals surface area (Å²) in [7, 11) is 0. The van der Waals surface area contributed by atoms with E-state index >= 15 is 0 Å². The normalized spacial score (nSPS) is 17.0. The summed E-state index contributed by atoms with van der Waals surface area (Å²) in [6, 6.07) is 5.44. The van der Waals surface area contributed by atoms with Crippen LogP contribution in [0.2, 0.25) is 0 Å². The maximum Gasteiger partial charge on any atom is 0.295 e. The Balaban J connectivity index is 2.14. The molecule has 0 radical (unpaired) electrons. The van der Waals surface area contributed by atoms with E-state index in [1.165, 1.54) is 19.3 Å². The molecule has 98 valence electrons. The first-order valence-electron chi connectivity index (χ1n) is 6.56. The van der Waals surface area contributed by atoms with Crippen molar-refractivity contribution in [2.45, 2.75) is 39.5 Å². The summed E-state index contributed by atoms with van der Waals surface area (Å²) in [4.78, 5) is 10.8. The van der Waals surface area contributed by atoms with E-state index in [4.69, 9.17) is 0 Å². The lowest BCUT2D eigenvalue weighted by Gasteiger charge is -2.41. The molecule has 1 aliphatic carbocycles. The fourth-order valence-corrected chi connectivity index (χ4v) is 2.66. The zero-order chi connectivity index (χ0) is 13.2. The number of nitro groups is 1. The third kappa shape index (κ3) is 2.33. The molecule has 0 saturated heterocycles. The fraction of sp³-hybridized carbons (Fsp3) is 0.571. The van der Waals surface area contributed by atoms with Crippen LogP contribution in [-0.2, 0) is 0 Å². The minimum Gasteiger partial charge on any atom is -0.379 e. The molecule has 0 heterocycles. The van der Waals surface area contributed by atoms with Crippen LogP contribution in [0, 0.1) is 22.5 Å². The van der Waals surface area contributed by atoms with Crippen LogP contribution in [0.4, 0.5) is 11.4 Å². The molecule has 1 fully saturated rings. The number of para-hydroxylation sites is 1. The Morgan fingerprint density at radius 2 is 2.17 bits per heavy atom. The number of aryl methyl sites for hydroxylation is 1. The highest BCUT2D eigenvalue weighted by atomic mass is 16.6. The van der Waals surface area contributed by atoms with Gasteiger partial charge in [-0.3, -0.25) is 10.1 Å². The van der Waals surface area contributed by atoms with Crippen LogP contribution in [0.1, 0.15) is 38.2 Å². The van der Waals surface area contributed by atoms with Crippen LogP contribution in [-0.4, -0.2) is 11.5 Å². The molecule has 0 atom stereocenters. The summed E-state index contributed by atoms with van der Waals surface area (Å²) < 4.78 is 0. The van der Waals surface area contributed by atoms with Crippen LogP contribution in [0.15, 0.2) is 18.2 Å². The first-order valence-corrected chi connectivity index (χ1v) is 6.56. The molecule has 0 bridgehead atoms. The minimum atomic E-state index is -0.295. The van der Waals surface area contributed by atoms with Crippen molar-refractivity contribution in [1.29, 1.82) is 0 Å². The SMILES string of the molecule is CCC1(CNc2cccc(C)c2[N+](=O)[O-])CCC1. The lowest BCUT2D eigenvalue weighted by Crippen LogP contribution is -2.35. The van der Waals surface area contributed by atoms with Gasteiger partial charge in [0.1, 0.15) is 5.69 Å². The highest BCUT2D eigenvalue weighted by Gasteiger charge is 2.35. The summed E-state index contributed by atoms with van der Waals surface area (Å²) in [5.41, 5.74) is 1.93. The Kier molecular flexibility index (Phi) is 3.55. The highest BCUT2D eigenvalue weighted by Crippen LogP contribution is 2.44. The third-order valence-corrected chi connectivity index (χ3v) is 4.24. The first-order chi connectivity index (χ1) is 8.58. The number of benzene rings is 1. The highest BCUT2D eigenvalue weighted by molar-refractivity contribution is 5.65. The molecule has 0 aromatic heterocycles. The number of nitrogens with one attached hydrogen (secondary N) is 1. The van der Waals surface area contributed by atoms with Crippen molar-refractivity contribution < 1.29 is 4.92 Å². The molecule has 2 rings (SSSR count). The largest absolute Gasteiger partial charge is 0.379 e. The number of hydrogen-bond donors (Lipinski definition) is 1. The van der Waals surface area contributed by atoms with E-state index in [-0.39, 0.29) is 10.6 Å². The molecule has 4 heteroatoms. The number of rotatable bonds is 5. The Labute approximate surface area is 108 Å². The van der Waals surface area contributed by atoms with Gasteiger partial charge in [-0.15, -0.1) is 0 Å². The monoisotopic (exact) mass is 248 g/mol. The molecule has 0 amide bonds. The van der Waals surface area contributed by atoms with Gasteiger partial charge in [0.05, 0.1) is 4.92 Å². The topological polar surface area (TPSA) is 55.2 Å². The number of nitrogens with zero attached hydrogens (tertiary/aromatic N) is 1. The van der Waals surface area contributed by atoms with Crippen molar-refractivity contribution in [3.8, 4) is 0 Å². The number of nitro benzene ring substituents is 1. The van der Waals surface area contributed by atoms with Gasteiger partial charge in [-0.1, -0.05) is 25.5 Å². The molecule has 0 aliphatic heterocycles. The summed E-state index contributed by atoms with van der Waals surface area (Å²) in [5.74, 6) is 0. The van der Waals surface area contributed by atoms with Gasteiger partial charge in [-0.2, -0.15) is 0 Å². The van der Waals surface area contributed by atoms with Crippen LogP contribution < -0.4 is 5.32 Å². The molecular weight excluding hydrogens is 228 g/mol. The van der Waals surface area contributed by atoms with Gasteiger partial charge in [-0.25, -0.2) is 0 Å². The van der Waals surface area contributed by atoms with Crippen molar-refractivity contribution in [2.24, 2.45) is 5.41 Å². The fourth-order valence-electron chi connectivity index (χ4n) is 2.66. The summed E-state index contributed by atoms with van der Waals surface area (Å²) in [6.07, 6.45) is 4.89. The second kappa shape index (κ2) is 4.96. The van der Waals surface area contributed by atoms with Gasteiger partial charge < -0.3 is 5.32 Å². The van der Waals surface area contributed by atoms with Crippen LogP contribution in [0.3, 0.4) is 0 Å². The molecular formula is C14H20N2O2. The minimum absolute atomic E-state index is 0.211. The van der Waals surface area contributed by atoms with Gasteiger partial charge >= 0.3 is 0 Å². The molecule has 0 unspecified atom stereocenters. The Morgan fingerprint density at radius 3 is 2.67 bits per heavy atom. The lowest BCUT2D eigenvalue weighted by molar-refractivity contribution is -0.384. The van der Waals surface area contributed by atoms with E-state index in [9.17, 15) is 10.1 Å². The van der Waals surface area contributed by atoms with Gasteiger partial charge in [-0.05, 0) is 37.7 Å². The standard InChI is InChI=1S/C14H20N2O2/c1-3-14(8-5-9-14)10-15-12-7-4-6-11(2)13(12)16(17)18/h4,6-7,15H,3,5,8-10H2,1-2H3. The smallest absolute Gasteiger partial charge is 0.295 e. The van der Waals surface area contributed by atoms with Crippen molar-refractivity contribution in [3.05, 3.63) is 33.9 Å². The van der Waals surface area contributed by atoms with Crippen molar-refractivity contribution in [2.75, 3.05) is 11.9 Å². The quantitative estimate of drug-likeness (QED) is 0.635. The molecule has 0 spiro atoms. The lowest BCUT2D eigenvalue weighted by atomic mass is 9.67. The van der Waals surface area contributed by atoms with E-state index in [0.717, 1.165) is 13.0 Å². The Bertz CT molecular complexity index is 448. The third-order valence-electron chi connectivity index (χ3n) is 4.24. The predicted molar refractivity (Wildman–Crippen MR) is 72.9 cm³/mol. The molecule has 1 N–H and O–H groups in total. The molecule has 1 aromatic carbocycles. The van der Waals surface area contributed by atoms with E-state index < -0.39 is 0 Å². The zero-order valence-electron chi connectivity index (χ0n) is 11.0. The van der Waals surface area contributed by atoms with Crippen molar-refractivity contribution in [1.82, 2.24) is 0 Å². The summed E-state index contributed by atoms with van der Waals surface area (Å²) in [5, 5.41) is 14.4. The van der Waals surface area contributed by atoms with Crippen molar-refractivity contribution in [3.63, 3.8) is 0 Å². The molecule has 4 nitrogen and oxygen atoms in total. The number of hydrogen-bond acceptors (Lipinski definition) is 3. The van der Waals surface area contributed by atoms with Crippen LogP contribution in [0.5, 0.6) is 0 Å². The average molecular weight is 248 g/mol. The average Bonchev–Trinajstić information content (AvgIpc) is 2.27. The van der Waals surface area contributed by atoms with Gasteiger partial charge in [0.25, 0.3) is 5.69 Å². The molecule has 1 saturated carbocycles. The molecule has 1 aromatic rings. The zero-order valence-corrected chi connectivity index (χ0v) is 11.0. The molecule has 18 heavy (non-hydrogen) atoms. The first kappa shape index (κ1) is 12.9. The summed E-state index contributed by atoms with van der Waals surface area (Å²) in [6.45, 7) is 4.82. The van der Waals surface area contributed by atoms with Crippen LogP contribution >= 0.6 is 0 Å². The van der Waals surface area contributed by atoms with E-state index in [0.29, 0.717) is 16.7 Å². The second-order valence-electron chi connectivity index (χ2n) is 5.29. The number of anilines is 1. The van der Waals surface area contributed by atoms with E-state index in [1.807, 2.05) is 6.07 Å². The van der Waals surface area contributed by atoms with Crippen LogP contribution in [0.25, 0.3) is 0 Å².